The van der Waals surface area contributed by atoms with Gasteiger partial charge in [0.05, 0.1) is 4.90 Å². The van der Waals surface area contributed by atoms with E-state index < -0.39 is 17.9 Å². The third kappa shape index (κ3) is 2.11. The Hall–Kier alpha value is -1.12. The van der Waals surface area contributed by atoms with Crippen molar-refractivity contribution in [3.8, 4) is 0 Å². The second kappa shape index (κ2) is 3.80. The number of rotatable bonds is 3. The Labute approximate surface area is 87.5 Å². The van der Waals surface area contributed by atoms with Gasteiger partial charge in [0.1, 0.15) is 0 Å². The largest absolute Gasteiger partial charge is 0.399 e. The number of nitrogens with two attached hydrogens (primary N) is 1. The molecular formula is C7H10N2O4S2. The molecule has 0 spiro atoms. The summed E-state index contributed by atoms with van der Waals surface area (Å²) in [5.74, 6) is 0. The molecule has 0 saturated carbocycles. The maximum atomic E-state index is 11.5. The Balaban J connectivity index is 3.37. The lowest BCUT2D eigenvalue weighted by Gasteiger charge is -2.04. The van der Waals surface area contributed by atoms with E-state index in [-0.39, 0.29) is 4.90 Å². The van der Waals surface area contributed by atoms with Crippen LogP contribution in [0, 0.1) is 0 Å². The van der Waals surface area contributed by atoms with E-state index in [1.165, 1.54) is 12.1 Å². The van der Waals surface area contributed by atoms with Crippen LogP contribution in [0.3, 0.4) is 0 Å². The van der Waals surface area contributed by atoms with Gasteiger partial charge in [0.15, 0.2) is 0 Å². The second-order valence-corrected chi connectivity index (χ2v) is 8.01. The molecule has 0 aromatic heterocycles. The first-order valence-corrected chi connectivity index (χ1v) is 7.33. The Morgan fingerprint density at radius 2 is 1.53 bits per heavy atom. The zero-order valence-electron chi connectivity index (χ0n) is 7.84. The lowest BCUT2D eigenvalue weighted by atomic mass is 10.3. The minimum atomic E-state index is -4.40. The highest BCUT2D eigenvalue weighted by Gasteiger charge is 2.29. The number of hydrogen-bond donors (Lipinski definition) is 2. The van der Waals surface area contributed by atoms with Crippen molar-refractivity contribution in [2.45, 2.75) is 4.90 Å². The molecule has 15 heavy (non-hydrogen) atoms. The predicted octanol–water partition coefficient (Wildman–Crippen LogP) is -0.493. The average Bonchev–Trinajstić information content (AvgIpc) is 2.18. The molecule has 0 amide bonds. The zero-order valence-corrected chi connectivity index (χ0v) is 9.47. The highest BCUT2D eigenvalue weighted by atomic mass is 33.2. The third-order valence-corrected chi connectivity index (χ3v) is 6.45. The van der Waals surface area contributed by atoms with Crippen LogP contribution < -0.4 is 10.5 Å². The van der Waals surface area contributed by atoms with Crippen LogP contribution >= 0.6 is 0 Å². The molecule has 0 unspecified atom stereocenters. The molecule has 0 saturated heterocycles. The van der Waals surface area contributed by atoms with E-state index >= 15 is 0 Å². The number of benzene rings is 1. The lowest BCUT2D eigenvalue weighted by molar-refractivity contribution is 0.578. The van der Waals surface area contributed by atoms with Crippen molar-refractivity contribution in [1.29, 1.82) is 0 Å². The molecule has 0 fully saturated rings. The van der Waals surface area contributed by atoms with Crippen LogP contribution in [0.2, 0.25) is 0 Å². The van der Waals surface area contributed by atoms with Crippen molar-refractivity contribution in [3.05, 3.63) is 24.3 Å². The Morgan fingerprint density at radius 3 is 1.93 bits per heavy atom. The molecule has 8 heteroatoms. The predicted molar refractivity (Wildman–Crippen MR) is 56.0 cm³/mol. The Bertz CT molecular complexity index is 545. The summed E-state index contributed by atoms with van der Waals surface area (Å²) in [5, 5.41) is 0. The van der Waals surface area contributed by atoms with Gasteiger partial charge < -0.3 is 5.73 Å². The van der Waals surface area contributed by atoms with Crippen molar-refractivity contribution in [3.63, 3.8) is 0 Å². The SMILES string of the molecule is CNS(=O)(=O)S(=O)(=O)c1ccc(N)cc1. The number of hydrogen-bond acceptors (Lipinski definition) is 5. The molecular weight excluding hydrogens is 240 g/mol. The van der Waals surface area contributed by atoms with E-state index in [2.05, 4.69) is 0 Å². The first-order valence-electron chi connectivity index (χ1n) is 3.85. The molecule has 1 aromatic rings. The first-order chi connectivity index (χ1) is 6.81. The Kier molecular flexibility index (Phi) is 3.03. The van der Waals surface area contributed by atoms with Gasteiger partial charge in [-0.15, -0.1) is 0 Å². The normalized spacial score (nSPS) is 12.6. The van der Waals surface area contributed by atoms with E-state index in [9.17, 15) is 16.8 Å². The van der Waals surface area contributed by atoms with E-state index in [1.54, 1.807) is 4.72 Å². The first kappa shape index (κ1) is 12.0. The quantitative estimate of drug-likeness (QED) is 0.556. The summed E-state index contributed by atoms with van der Waals surface area (Å²) in [6.45, 7) is 0. The summed E-state index contributed by atoms with van der Waals surface area (Å²) in [4.78, 5) is -0.314. The lowest BCUT2D eigenvalue weighted by Crippen LogP contribution is -2.27. The summed E-state index contributed by atoms with van der Waals surface area (Å²) in [6, 6.07) is 4.91. The topological polar surface area (TPSA) is 106 Å². The fraction of sp³-hybridized carbons (Fsp3) is 0.143. The van der Waals surface area contributed by atoms with Crippen molar-refractivity contribution in [1.82, 2.24) is 4.72 Å². The molecule has 3 N–H and O–H groups in total. The van der Waals surface area contributed by atoms with Gasteiger partial charge in [0, 0.05) is 5.69 Å². The number of nitrogen functional groups attached to an aromatic ring is 1. The van der Waals surface area contributed by atoms with E-state index in [0.29, 0.717) is 5.69 Å². The summed E-state index contributed by atoms with van der Waals surface area (Å²) in [6.07, 6.45) is 0. The minimum Gasteiger partial charge on any atom is -0.399 e. The molecule has 0 atom stereocenters. The van der Waals surface area contributed by atoms with Gasteiger partial charge in [-0.05, 0) is 31.3 Å². The van der Waals surface area contributed by atoms with Crippen LogP contribution in [0.5, 0.6) is 0 Å². The molecule has 1 rings (SSSR count). The molecule has 0 bridgehead atoms. The molecule has 0 aliphatic rings. The smallest absolute Gasteiger partial charge is 0.321 e. The highest BCUT2D eigenvalue weighted by molar-refractivity contribution is 8.66. The van der Waals surface area contributed by atoms with E-state index in [0.717, 1.165) is 19.2 Å². The van der Waals surface area contributed by atoms with Crippen molar-refractivity contribution >= 4 is 23.6 Å². The van der Waals surface area contributed by atoms with E-state index in [1.807, 2.05) is 0 Å². The molecule has 0 aliphatic carbocycles. The summed E-state index contributed by atoms with van der Waals surface area (Å²) in [7, 11) is -7.75. The number of nitrogens with one attached hydrogen (secondary N) is 1. The monoisotopic (exact) mass is 250 g/mol. The van der Waals surface area contributed by atoms with Gasteiger partial charge in [-0.3, -0.25) is 0 Å². The van der Waals surface area contributed by atoms with Crippen LogP contribution in [0.15, 0.2) is 29.2 Å². The van der Waals surface area contributed by atoms with Crippen LogP contribution in [0.25, 0.3) is 0 Å². The third-order valence-electron chi connectivity index (χ3n) is 1.71. The van der Waals surface area contributed by atoms with Gasteiger partial charge >= 0.3 is 9.06 Å². The van der Waals surface area contributed by atoms with Gasteiger partial charge in [-0.2, -0.15) is 8.42 Å². The number of anilines is 1. The second-order valence-electron chi connectivity index (χ2n) is 2.68. The Morgan fingerprint density at radius 1 is 1.07 bits per heavy atom. The molecule has 0 aliphatic heterocycles. The molecule has 6 nitrogen and oxygen atoms in total. The van der Waals surface area contributed by atoms with E-state index in [4.69, 9.17) is 5.73 Å². The minimum absolute atomic E-state index is 0.314. The van der Waals surface area contributed by atoms with Crippen LogP contribution in [0.1, 0.15) is 0 Å². The summed E-state index contributed by atoms with van der Waals surface area (Å²) in [5.41, 5.74) is 5.71. The van der Waals surface area contributed by atoms with Crippen LogP contribution in [-0.2, 0) is 17.9 Å². The van der Waals surface area contributed by atoms with Gasteiger partial charge in [0.2, 0.25) is 0 Å². The zero-order chi connectivity index (χ0) is 11.7. The van der Waals surface area contributed by atoms with Crippen molar-refractivity contribution in [2.75, 3.05) is 12.8 Å². The van der Waals surface area contributed by atoms with Crippen molar-refractivity contribution < 1.29 is 16.8 Å². The molecule has 0 radical (unpaired) electrons. The maximum absolute atomic E-state index is 11.5. The molecule has 0 heterocycles. The van der Waals surface area contributed by atoms with Gasteiger partial charge in [0.25, 0.3) is 8.87 Å². The van der Waals surface area contributed by atoms with Gasteiger partial charge in [-0.1, -0.05) is 0 Å². The average molecular weight is 250 g/mol. The van der Waals surface area contributed by atoms with Crippen molar-refractivity contribution in [2.24, 2.45) is 0 Å². The van der Waals surface area contributed by atoms with Crippen LogP contribution in [0.4, 0.5) is 5.69 Å². The van der Waals surface area contributed by atoms with Crippen LogP contribution in [-0.4, -0.2) is 23.9 Å². The highest BCUT2D eigenvalue weighted by Crippen LogP contribution is 2.17. The molecule has 1 aromatic carbocycles. The summed E-state index contributed by atoms with van der Waals surface area (Å²) < 4.78 is 47.1. The fourth-order valence-corrected chi connectivity index (χ4v) is 3.56. The van der Waals surface area contributed by atoms with Gasteiger partial charge in [-0.25, -0.2) is 13.1 Å². The molecule has 84 valence electrons. The fourth-order valence-electron chi connectivity index (χ4n) is 0.871. The standard InChI is InChI=1S/C7H10N2O4S2/c1-9-15(12,13)14(10,11)7-4-2-6(8)3-5-7/h2-5,9H,8H2,1H3. The summed E-state index contributed by atoms with van der Waals surface area (Å²) >= 11 is 0. The maximum Gasteiger partial charge on any atom is 0.321 e.